The van der Waals surface area contributed by atoms with Gasteiger partial charge in [0.1, 0.15) is 5.76 Å². The molecule has 0 bridgehead atoms. The number of hydrogen-bond donors (Lipinski definition) is 3. The molecule has 5 nitrogen and oxygen atoms in total. The van der Waals surface area contributed by atoms with E-state index < -0.39 is 5.97 Å². The SMILES string of the molecule is Cc1cc(CNC(C)(C)CCO)oc1C(=O)O. The van der Waals surface area contributed by atoms with Crippen LogP contribution in [0.4, 0.5) is 0 Å². The highest BCUT2D eigenvalue weighted by Gasteiger charge is 2.18. The van der Waals surface area contributed by atoms with Crippen molar-refractivity contribution >= 4 is 5.97 Å². The lowest BCUT2D eigenvalue weighted by atomic mass is 10.0. The average Bonchev–Trinajstić information content (AvgIpc) is 2.57. The van der Waals surface area contributed by atoms with E-state index in [0.29, 0.717) is 24.3 Å². The summed E-state index contributed by atoms with van der Waals surface area (Å²) in [6.07, 6.45) is 0.623. The average molecular weight is 241 g/mol. The summed E-state index contributed by atoms with van der Waals surface area (Å²) < 4.78 is 5.22. The maximum Gasteiger partial charge on any atom is 0.372 e. The largest absolute Gasteiger partial charge is 0.475 e. The van der Waals surface area contributed by atoms with Crippen LogP contribution in [0.25, 0.3) is 0 Å². The van der Waals surface area contributed by atoms with Crippen LogP contribution in [-0.2, 0) is 6.54 Å². The Hall–Kier alpha value is -1.33. The normalized spacial score (nSPS) is 11.8. The van der Waals surface area contributed by atoms with Crippen LogP contribution in [0.3, 0.4) is 0 Å². The van der Waals surface area contributed by atoms with Crippen LogP contribution in [-0.4, -0.2) is 28.3 Å². The number of carboxylic acids is 1. The second-order valence-electron chi connectivity index (χ2n) is 4.74. The number of carbonyl (C=O) groups is 1. The Morgan fingerprint density at radius 1 is 1.53 bits per heavy atom. The van der Waals surface area contributed by atoms with E-state index in [-0.39, 0.29) is 17.9 Å². The number of aromatic carboxylic acids is 1. The van der Waals surface area contributed by atoms with Gasteiger partial charge in [-0.05, 0) is 33.3 Å². The number of furan rings is 1. The molecule has 0 aliphatic carbocycles. The van der Waals surface area contributed by atoms with Crippen molar-refractivity contribution in [2.45, 2.75) is 39.3 Å². The zero-order chi connectivity index (χ0) is 13.1. The minimum Gasteiger partial charge on any atom is -0.475 e. The molecule has 0 saturated heterocycles. The summed E-state index contributed by atoms with van der Waals surface area (Å²) in [6.45, 7) is 6.20. The van der Waals surface area contributed by atoms with Gasteiger partial charge in [0.25, 0.3) is 0 Å². The fraction of sp³-hybridized carbons (Fsp3) is 0.583. The van der Waals surface area contributed by atoms with Crippen LogP contribution < -0.4 is 5.32 Å². The number of hydrogen-bond acceptors (Lipinski definition) is 4. The summed E-state index contributed by atoms with van der Waals surface area (Å²) in [7, 11) is 0. The van der Waals surface area contributed by atoms with Crippen LogP contribution >= 0.6 is 0 Å². The quantitative estimate of drug-likeness (QED) is 0.703. The Morgan fingerprint density at radius 2 is 2.18 bits per heavy atom. The van der Waals surface area contributed by atoms with Crippen molar-refractivity contribution < 1.29 is 19.4 Å². The zero-order valence-electron chi connectivity index (χ0n) is 10.4. The van der Waals surface area contributed by atoms with E-state index in [4.69, 9.17) is 14.6 Å². The fourth-order valence-electron chi connectivity index (χ4n) is 1.54. The topological polar surface area (TPSA) is 82.7 Å². The lowest BCUT2D eigenvalue weighted by molar-refractivity contribution is 0.0659. The van der Waals surface area contributed by atoms with Crippen LogP contribution in [0.5, 0.6) is 0 Å². The third-order valence-electron chi connectivity index (χ3n) is 2.64. The van der Waals surface area contributed by atoms with Crippen LogP contribution in [0.2, 0.25) is 0 Å². The van der Waals surface area contributed by atoms with E-state index in [0.717, 1.165) is 0 Å². The first-order valence-electron chi connectivity index (χ1n) is 5.54. The molecule has 0 spiro atoms. The Kier molecular flexibility index (Phi) is 4.31. The molecule has 1 heterocycles. The monoisotopic (exact) mass is 241 g/mol. The van der Waals surface area contributed by atoms with E-state index in [1.807, 2.05) is 13.8 Å². The molecule has 0 aliphatic rings. The molecule has 1 rings (SSSR count). The molecule has 0 aromatic carbocycles. The minimum atomic E-state index is -1.05. The van der Waals surface area contributed by atoms with Gasteiger partial charge in [-0.3, -0.25) is 0 Å². The summed E-state index contributed by atoms with van der Waals surface area (Å²) in [5.41, 5.74) is 0.410. The highest BCUT2D eigenvalue weighted by Crippen LogP contribution is 2.16. The number of aryl methyl sites for hydroxylation is 1. The maximum absolute atomic E-state index is 10.8. The predicted octanol–water partition coefficient (Wildman–Crippen LogP) is 1.54. The standard InChI is InChI=1S/C12H19NO4/c1-8-6-9(17-10(8)11(15)16)7-13-12(2,3)4-5-14/h6,13-14H,4-5,7H2,1-3H3,(H,15,16). The molecule has 0 amide bonds. The molecule has 0 unspecified atom stereocenters. The van der Waals surface area contributed by atoms with Gasteiger partial charge < -0.3 is 19.9 Å². The van der Waals surface area contributed by atoms with E-state index in [1.165, 1.54) is 0 Å². The predicted molar refractivity (Wildman–Crippen MR) is 63.0 cm³/mol. The maximum atomic E-state index is 10.8. The summed E-state index contributed by atoms with van der Waals surface area (Å²) in [5.74, 6) is -0.476. The van der Waals surface area contributed by atoms with E-state index >= 15 is 0 Å². The molecule has 0 radical (unpaired) electrons. The van der Waals surface area contributed by atoms with Crippen LogP contribution in [0.15, 0.2) is 10.5 Å². The van der Waals surface area contributed by atoms with Gasteiger partial charge in [-0.1, -0.05) is 0 Å². The number of aliphatic hydroxyl groups is 1. The smallest absolute Gasteiger partial charge is 0.372 e. The third-order valence-corrected chi connectivity index (χ3v) is 2.64. The van der Waals surface area contributed by atoms with Gasteiger partial charge in [-0.25, -0.2) is 4.79 Å². The van der Waals surface area contributed by atoms with Crippen molar-refractivity contribution in [1.29, 1.82) is 0 Å². The van der Waals surface area contributed by atoms with Gasteiger partial charge in [0.2, 0.25) is 5.76 Å². The third kappa shape index (κ3) is 3.87. The minimum absolute atomic E-state index is 0.0123. The molecule has 17 heavy (non-hydrogen) atoms. The first-order chi connectivity index (χ1) is 7.85. The van der Waals surface area contributed by atoms with Crippen molar-refractivity contribution in [3.8, 4) is 0 Å². The summed E-state index contributed by atoms with van der Waals surface area (Å²) in [4.78, 5) is 10.8. The second kappa shape index (κ2) is 5.33. The number of carboxylic acid groups (broad SMARTS) is 1. The molecule has 0 aliphatic heterocycles. The Balaban J connectivity index is 2.64. The lowest BCUT2D eigenvalue weighted by Crippen LogP contribution is -2.39. The number of nitrogens with one attached hydrogen (secondary N) is 1. The molecule has 1 aromatic rings. The molecule has 1 aromatic heterocycles. The highest BCUT2D eigenvalue weighted by atomic mass is 16.4. The summed E-state index contributed by atoms with van der Waals surface area (Å²) in [6, 6.07) is 1.71. The molecule has 5 heteroatoms. The van der Waals surface area contributed by atoms with Gasteiger partial charge in [-0.15, -0.1) is 0 Å². The van der Waals surface area contributed by atoms with Gasteiger partial charge in [0.15, 0.2) is 0 Å². The Bertz CT molecular complexity index is 395. The first kappa shape index (κ1) is 13.7. The molecular weight excluding hydrogens is 222 g/mol. The van der Waals surface area contributed by atoms with Crippen molar-refractivity contribution in [3.63, 3.8) is 0 Å². The zero-order valence-corrected chi connectivity index (χ0v) is 10.4. The first-order valence-corrected chi connectivity index (χ1v) is 5.54. The summed E-state index contributed by atoms with van der Waals surface area (Å²) in [5, 5.41) is 20.9. The van der Waals surface area contributed by atoms with Gasteiger partial charge in [0.05, 0.1) is 6.54 Å². The number of rotatable bonds is 6. The van der Waals surface area contributed by atoms with E-state index in [1.54, 1.807) is 13.0 Å². The van der Waals surface area contributed by atoms with Crippen molar-refractivity contribution in [1.82, 2.24) is 5.32 Å². The van der Waals surface area contributed by atoms with Gasteiger partial charge >= 0.3 is 5.97 Å². The van der Waals surface area contributed by atoms with Crippen molar-refractivity contribution in [2.24, 2.45) is 0 Å². The molecule has 3 N–H and O–H groups in total. The highest BCUT2D eigenvalue weighted by molar-refractivity contribution is 5.86. The van der Waals surface area contributed by atoms with E-state index in [2.05, 4.69) is 5.32 Å². The molecular formula is C12H19NO4. The second-order valence-corrected chi connectivity index (χ2v) is 4.74. The Morgan fingerprint density at radius 3 is 2.65 bits per heavy atom. The molecule has 0 fully saturated rings. The molecule has 0 atom stereocenters. The van der Waals surface area contributed by atoms with Crippen LogP contribution in [0.1, 0.15) is 42.1 Å². The van der Waals surface area contributed by atoms with Crippen molar-refractivity contribution in [3.05, 3.63) is 23.2 Å². The molecule has 0 saturated carbocycles. The van der Waals surface area contributed by atoms with E-state index in [9.17, 15) is 4.79 Å². The fourth-order valence-corrected chi connectivity index (χ4v) is 1.54. The lowest BCUT2D eigenvalue weighted by Gasteiger charge is -2.24. The van der Waals surface area contributed by atoms with Gasteiger partial charge in [-0.2, -0.15) is 0 Å². The van der Waals surface area contributed by atoms with Crippen molar-refractivity contribution in [2.75, 3.05) is 6.61 Å². The summed E-state index contributed by atoms with van der Waals surface area (Å²) >= 11 is 0. The van der Waals surface area contributed by atoms with Gasteiger partial charge in [0, 0.05) is 17.7 Å². The Labute approximate surface area is 100 Å². The molecule has 96 valence electrons. The number of aliphatic hydroxyl groups excluding tert-OH is 1. The van der Waals surface area contributed by atoms with Crippen LogP contribution in [0, 0.1) is 6.92 Å².